The van der Waals surface area contributed by atoms with Crippen LogP contribution < -0.4 is 5.32 Å². The standard InChI is InChI=1S/C16H19NO3/c1-12-13(5-3-9-18)4-2-6-15(12)16(19)17-14-7-10-20-11-8-14/h2,4,6,14,18H,7-11H2,1H3,(H,17,19). The number of rotatable bonds is 2. The molecule has 106 valence electrons. The summed E-state index contributed by atoms with van der Waals surface area (Å²) in [6.07, 6.45) is 1.71. The van der Waals surface area contributed by atoms with Gasteiger partial charge >= 0.3 is 0 Å². The van der Waals surface area contributed by atoms with Crippen LogP contribution in [0.1, 0.15) is 34.3 Å². The fourth-order valence-corrected chi connectivity index (χ4v) is 2.26. The Hall–Kier alpha value is -1.83. The van der Waals surface area contributed by atoms with E-state index >= 15 is 0 Å². The van der Waals surface area contributed by atoms with Crippen molar-refractivity contribution in [1.82, 2.24) is 5.32 Å². The lowest BCUT2D eigenvalue weighted by atomic mass is 10.0. The minimum Gasteiger partial charge on any atom is -0.384 e. The predicted molar refractivity (Wildman–Crippen MR) is 76.5 cm³/mol. The van der Waals surface area contributed by atoms with Gasteiger partial charge in [0.15, 0.2) is 0 Å². The largest absolute Gasteiger partial charge is 0.384 e. The summed E-state index contributed by atoms with van der Waals surface area (Å²) in [5, 5.41) is 11.8. The summed E-state index contributed by atoms with van der Waals surface area (Å²) in [7, 11) is 0. The minimum absolute atomic E-state index is 0.0675. The molecule has 1 fully saturated rings. The van der Waals surface area contributed by atoms with Crippen molar-refractivity contribution < 1.29 is 14.6 Å². The zero-order valence-corrected chi connectivity index (χ0v) is 11.6. The van der Waals surface area contributed by atoms with E-state index in [-0.39, 0.29) is 18.6 Å². The van der Waals surface area contributed by atoms with Crippen molar-refractivity contribution in [1.29, 1.82) is 0 Å². The summed E-state index contributed by atoms with van der Waals surface area (Å²) >= 11 is 0. The molecule has 0 aliphatic carbocycles. The van der Waals surface area contributed by atoms with Gasteiger partial charge in [0.2, 0.25) is 0 Å². The number of aliphatic hydroxyl groups excluding tert-OH is 1. The number of benzene rings is 1. The maximum Gasteiger partial charge on any atom is 0.251 e. The summed E-state index contributed by atoms with van der Waals surface area (Å²) in [5.41, 5.74) is 2.26. The van der Waals surface area contributed by atoms with Gasteiger partial charge in [0.1, 0.15) is 6.61 Å². The molecule has 1 heterocycles. The molecule has 20 heavy (non-hydrogen) atoms. The van der Waals surface area contributed by atoms with Crippen molar-refractivity contribution in [2.45, 2.75) is 25.8 Å². The smallest absolute Gasteiger partial charge is 0.251 e. The van der Waals surface area contributed by atoms with E-state index in [1.807, 2.05) is 19.1 Å². The third kappa shape index (κ3) is 3.60. The number of hydrogen-bond acceptors (Lipinski definition) is 3. The summed E-state index contributed by atoms with van der Waals surface area (Å²) < 4.78 is 5.28. The molecule has 4 heteroatoms. The van der Waals surface area contributed by atoms with Crippen molar-refractivity contribution in [2.24, 2.45) is 0 Å². The second kappa shape index (κ2) is 7.09. The molecule has 1 aliphatic rings. The molecule has 0 aromatic heterocycles. The highest BCUT2D eigenvalue weighted by atomic mass is 16.5. The third-order valence-corrected chi connectivity index (χ3v) is 3.44. The zero-order valence-electron chi connectivity index (χ0n) is 11.6. The van der Waals surface area contributed by atoms with E-state index in [0.717, 1.165) is 24.0 Å². The molecule has 2 rings (SSSR count). The van der Waals surface area contributed by atoms with Crippen molar-refractivity contribution in [3.05, 3.63) is 34.9 Å². The van der Waals surface area contributed by atoms with Crippen molar-refractivity contribution in [3.8, 4) is 11.8 Å². The maximum absolute atomic E-state index is 12.3. The Balaban J connectivity index is 2.13. The molecule has 0 atom stereocenters. The molecule has 0 spiro atoms. The number of carbonyl (C=O) groups excluding carboxylic acids is 1. The van der Waals surface area contributed by atoms with Gasteiger partial charge < -0.3 is 15.2 Å². The zero-order chi connectivity index (χ0) is 14.4. The van der Waals surface area contributed by atoms with Gasteiger partial charge in [-0.1, -0.05) is 17.9 Å². The van der Waals surface area contributed by atoms with Gasteiger partial charge in [0, 0.05) is 30.4 Å². The molecule has 1 aliphatic heterocycles. The van der Waals surface area contributed by atoms with Crippen LogP contribution in [0.2, 0.25) is 0 Å². The molecule has 2 N–H and O–H groups in total. The summed E-state index contributed by atoms with van der Waals surface area (Å²) in [6.45, 7) is 3.09. The first kappa shape index (κ1) is 14.6. The van der Waals surface area contributed by atoms with Gasteiger partial charge in [-0.25, -0.2) is 0 Å². The second-order valence-corrected chi connectivity index (χ2v) is 4.80. The van der Waals surface area contributed by atoms with E-state index in [4.69, 9.17) is 9.84 Å². The maximum atomic E-state index is 12.3. The highest BCUT2D eigenvalue weighted by Crippen LogP contribution is 2.14. The summed E-state index contributed by atoms with van der Waals surface area (Å²) in [4.78, 5) is 12.3. The molecule has 0 radical (unpaired) electrons. The topological polar surface area (TPSA) is 58.6 Å². The Morgan fingerprint density at radius 3 is 2.90 bits per heavy atom. The number of nitrogens with one attached hydrogen (secondary N) is 1. The summed E-state index contributed by atoms with van der Waals surface area (Å²) in [5.74, 6) is 5.40. The van der Waals surface area contributed by atoms with Crippen LogP contribution in [0.25, 0.3) is 0 Å². The number of carbonyl (C=O) groups is 1. The fraction of sp³-hybridized carbons (Fsp3) is 0.438. The SMILES string of the molecule is Cc1c(C#CCO)cccc1C(=O)NC1CCOCC1. The lowest BCUT2D eigenvalue weighted by molar-refractivity contribution is 0.0696. The first-order valence-electron chi connectivity index (χ1n) is 6.80. The van der Waals surface area contributed by atoms with E-state index < -0.39 is 0 Å². The van der Waals surface area contributed by atoms with Crippen LogP contribution in [-0.2, 0) is 4.74 Å². The Kier molecular flexibility index (Phi) is 5.16. The molecule has 0 bridgehead atoms. The average Bonchev–Trinajstić information content (AvgIpc) is 2.47. The molecule has 4 nitrogen and oxygen atoms in total. The molecule has 0 unspecified atom stereocenters. The first-order valence-corrected chi connectivity index (χ1v) is 6.80. The van der Waals surface area contributed by atoms with Gasteiger partial charge in [-0.05, 0) is 37.5 Å². The van der Waals surface area contributed by atoms with E-state index in [2.05, 4.69) is 17.2 Å². The number of aliphatic hydroxyl groups is 1. The van der Waals surface area contributed by atoms with Crippen LogP contribution in [0.5, 0.6) is 0 Å². The number of ether oxygens (including phenoxy) is 1. The van der Waals surface area contributed by atoms with Gasteiger partial charge in [-0.15, -0.1) is 0 Å². The molecule has 0 saturated carbocycles. The Bertz CT molecular complexity index is 536. The van der Waals surface area contributed by atoms with E-state index in [9.17, 15) is 4.79 Å². The molecule has 1 aromatic carbocycles. The van der Waals surface area contributed by atoms with Crippen molar-refractivity contribution in [3.63, 3.8) is 0 Å². The third-order valence-electron chi connectivity index (χ3n) is 3.44. The van der Waals surface area contributed by atoms with E-state index in [1.54, 1.807) is 6.07 Å². The van der Waals surface area contributed by atoms with E-state index in [0.29, 0.717) is 18.8 Å². The number of amides is 1. The number of hydrogen-bond donors (Lipinski definition) is 2. The first-order chi connectivity index (χ1) is 9.72. The van der Waals surface area contributed by atoms with Crippen LogP contribution in [0.3, 0.4) is 0 Å². The van der Waals surface area contributed by atoms with Gasteiger partial charge in [0.05, 0.1) is 0 Å². The summed E-state index contributed by atoms with van der Waals surface area (Å²) in [6, 6.07) is 5.65. The van der Waals surface area contributed by atoms with Crippen LogP contribution in [0.4, 0.5) is 0 Å². The van der Waals surface area contributed by atoms with Gasteiger partial charge in [-0.2, -0.15) is 0 Å². The Morgan fingerprint density at radius 1 is 1.45 bits per heavy atom. The highest BCUT2D eigenvalue weighted by Gasteiger charge is 2.18. The van der Waals surface area contributed by atoms with Gasteiger partial charge in [0.25, 0.3) is 5.91 Å². The quantitative estimate of drug-likeness (QED) is 0.797. The predicted octanol–water partition coefficient (Wildman–Crippen LogP) is 1.25. The molecule has 1 amide bonds. The normalized spacial score (nSPS) is 15.3. The van der Waals surface area contributed by atoms with Gasteiger partial charge in [-0.3, -0.25) is 4.79 Å². The van der Waals surface area contributed by atoms with Crippen molar-refractivity contribution >= 4 is 5.91 Å². The van der Waals surface area contributed by atoms with Crippen LogP contribution in [0.15, 0.2) is 18.2 Å². The fourth-order valence-electron chi connectivity index (χ4n) is 2.26. The lowest BCUT2D eigenvalue weighted by Gasteiger charge is -2.23. The average molecular weight is 273 g/mol. The second-order valence-electron chi connectivity index (χ2n) is 4.80. The molecular weight excluding hydrogens is 254 g/mol. The monoisotopic (exact) mass is 273 g/mol. The van der Waals surface area contributed by atoms with Crippen molar-refractivity contribution in [2.75, 3.05) is 19.8 Å². The van der Waals surface area contributed by atoms with Crippen LogP contribution >= 0.6 is 0 Å². The molecular formula is C16H19NO3. The molecule has 1 aromatic rings. The van der Waals surface area contributed by atoms with Crippen LogP contribution in [-0.4, -0.2) is 36.9 Å². The van der Waals surface area contributed by atoms with E-state index in [1.165, 1.54) is 0 Å². The molecule has 1 saturated heterocycles. The Labute approximate surface area is 119 Å². The van der Waals surface area contributed by atoms with Crippen LogP contribution in [0, 0.1) is 18.8 Å². The lowest BCUT2D eigenvalue weighted by Crippen LogP contribution is -2.39. The Morgan fingerprint density at radius 2 is 2.20 bits per heavy atom. The highest BCUT2D eigenvalue weighted by molar-refractivity contribution is 5.96. The minimum atomic E-state index is -0.183.